The molecule has 0 spiro atoms. The summed E-state index contributed by atoms with van der Waals surface area (Å²) in [6.45, 7) is 11.3. The van der Waals surface area contributed by atoms with Crippen molar-refractivity contribution in [3.63, 3.8) is 0 Å². The smallest absolute Gasteiger partial charge is 0.410 e. The number of fused-ring (bicyclic) bond motifs is 1. The standard InChI is InChI=1S/C36H43NO5/c1-24(2)17-29(18-25(3)4)13-15-30-20-33(42-35(30)38)23-40-36(39)37(6)22-32-21-31-19-28(14-16-34(31)41-32)12-11-27-9-7-26(5)8-10-27/h7-10,14-16,19,21,24-25,29,33H,13,17-18,20,22-23H2,1-6H3/b30-15+. The van der Waals surface area contributed by atoms with Crippen molar-refractivity contribution in [2.24, 2.45) is 17.8 Å². The lowest BCUT2D eigenvalue weighted by Crippen LogP contribution is -2.29. The van der Waals surface area contributed by atoms with Crippen molar-refractivity contribution in [3.8, 4) is 11.8 Å². The average molecular weight is 570 g/mol. The summed E-state index contributed by atoms with van der Waals surface area (Å²) in [5, 5.41) is 0.920. The molecule has 3 aromatic rings. The molecule has 1 aliphatic rings. The van der Waals surface area contributed by atoms with Crippen LogP contribution in [0.25, 0.3) is 11.0 Å². The van der Waals surface area contributed by atoms with Gasteiger partial charge in [-0.1, -0.05) is 63.3 Å². The third kappa shape index (κ3) is 9.01. The number of rotatable bonds is 10. The number of aryl methyl sites for hydroxylation is 1. The molecule has 0 aliphatic carbocycles. The summed E-state index contributed by atoms with van der Waals surface area (Å²) in [4.78, 5) is 26.6. The third-order valence-corrected chi connectivity index (χ3v) is 7.36. The first-order valence-corrected chi connectivity index (χ1v) is 14.9. The van der Waals surface area contributed by atoms with E-state index < -0.39 is 12.2 Å². The molecule has 1 amide bonds. The van der Waals surface area contributed by atoms with Crippen molar-refractivity contribution in [1.82, 2.24) is 4.90 Å². The van der Waals surface area contributed by atoms with Gasteiger partial charge in [-0.05, 0) is 80.3 Å². The van der Waals surface area contributed by atoms with Gasteiger partial charge in [0.2, 0.25) is 0 Å². The van der Waals surface area contributed by atoms with Crippen LogP contribution < -0.4 is 0 Å². The summed E-state index contributed by atoms with van der Waals surface area (Å²) >= 11 is 0. The second kappa shape index (κ2) is 14.3. The molecule has 0 bridgehead atoms. The minimum atomic E-state index is -0.498. The van der Waals surface area contributed by atoms with E-state index in [-0.39, 0.29) is 19.1 Å². The molecule has 6 heteroatoms. The molecule has 0 radical (unpaired) electrons. The number of cyclic esters (lactones) is 1. The maximum absolute atomic E-state index is 12.7. The highest BCUT2D eigenvalue weighted by Crippen LogP contribution is 2.28. The Morgan fingerprint density at radius 1 is 1.02 bits per heavy atom. The van der Waals surface area contributed by atoms with Crippen molar-refractivity contribution in [2.75, 3.05) is 13.7 Å². The first-order chi connectivity index (χ1) is 20.0. The number of allylic oxidation sites excluding steroid dienone is 1. The Balaban J connectivity index is 1.28. The predicted molar refractivity (Wildman–Crippen MR) is 166 cm³/mol. The Labute approximate surface area is 250 Å². The molecule has 2 aromatic carbocycles. The lowest BCUT2D eigenvalue weighted by Gasteiger charge is -2.19. The van der Waals surface area contributed by atoms with Crippen molar-refractivity contribution < 1.29 is 23.5 Å². The molecule has 1 saturated heterocycles. The van der Waals surface area contributed by atoms with E-state index in [1.54, 1.807) is 7.05 Å². The lowest BCUT2D eigenvalue weighted by molar-refractivity contribution is -0.140. The Bertz CT molecular complexity index is 1460. The summed E-state index contributed by atoms with van der Waals surface area (Å²) in [7, 11) is 1.66. The van der Waals surface area contributed by atoms with E-state index in [2.05, 4.69) is 46.5 Å². The van der Waals surface area contributed by atoms with Crippen molar-refractivity contribution in [3.05, 3.63) is 82.6 Å². The zero-order chi connectivity index (χ0) is 30.2. The number of hydrogen-bond acceptors (Lipinski definition) is 5. The molecule has 42 heavy (non-hydrogen) atoms. The molecule has 222 valence electrons. The van der Waals surface area contributed by atoms with Gasteiger partial charge in [0.1, 0.15) is 24.1 Å². The molecule has 1 unspecified atom stereocenters. The topological polar surface area (TPSA) is 69.0 Å². The van der Waals surface area contributed by atoms with Gasteiger partial charge >= 0.3 is 12.1 Å². The number of hydrogen-bond donors (Lipinski definition) is 0. The summed E-state index contributed by atoms with van der Waals surface area (Å²) in [6, 6.07) is 15.8. The van der Waals surface area contributed by atoms with Crippen LogP contribution in [0.2, 0.25) is 0 Å². The van der Waals surface area contributed by atoms with Crippen LogP contribution in [0.4, 0.5) is 4.79 Å². The first kappa shape index (κ1) is 31.0. The number of carbonyl (C=O) groups is 2. The van der Waals surface area contributed by atoms with E-state index >= 15 is 0 Å². The van der Waals surface area contributed by atoms with Gasteiger partial charge in [0.25, 0.3) is 0 Å². The fraction of sp³-hybridized carbons (Fsp3) is 0.444. The van der Waals surface area contributed by atoms with E-state index in [1.165, 1.54) is 10.5 Å². The summed E-state index contributed by atoms with van der Waals surface area (Å²) in [6.07, 6.45) is 4.69. The van der Waals surface area contributed by atoms with Crippen LogP contribution in [0.3, 0.4) is 0 Å². The van der Waals surface area contributed by atoms with Gasteiger partial charge in [0.05, 0.1) is 6.54 Å². The minimum Gasteiger partial charge on any atom is -0.459 e. The largest absolute Gasteiger partial charge is 0.459 e. The molecule has 1 aromatic heterocycles. The fourth-order valence-corrected chi connectivity index (χ4v) is 5.40. The van der Waals surface area contributed by atoms with Crippen LogP contribution in [0.5, 0.6) is 0 Å². The minimum absolute atomic E-state index is 0.0246. The van der Waals surface area contributed by atoms with E-state index in [9.17, 15) is 9.59 Å². The number of amides is 1. The summed E-state index contributed by atoms with van der Waals surface area (Å²) in [5.41, 5.74) is 4.47. The maximum atomic E-state index is 12.7. The van der Waals surface area contributed by atoms with Gasteiger partial charge in [0, 0.05) is 35.6 Å². The van der Waals surface area contributed by atoms with Gasteiger partial charge in [-0.15, -0.1) is 0 Å². The van der Waals surface area contributed by atoms with E-state index in [0.717, 1.165) is 41.4 Å². The highest BCUT2D eigenvalue weighted by atomic mass is 16.6. The molecular formula is C36H43NO5. The SMILES string of the molecule is Cc1ccc(C#Cc2ccc3oc(CN(C)C(=O)OCC4C/C(=C\CC(CC(C)C)CC(C)C)C(=O)O4)cc3c2)cc1. The van der Waals surface area contributed by atoms with Gasteiger partial charge in [-0.25, -0.2) is 9.59 Å². The monoisotopic (exact) mass is 569 g/mol. The molecule has 0 saturated carbocycles. The molecule has 6 nitrogen and oxygen atoms in total. The number of furan rings is 1. The number of ether oxygens (including phenoxy) is 2. The van der Waals surface area contributed by atoms with Gasteiger partial charge in [0.15, 0.2) is 0 Å². The lowest BCUT2D eigenvalue weighted by atomic mass is 9.86. The zero-order valence-electron chi connectivity index (χ0n) is 25.7. The molecule has 1 atom stereocenters. The summed E-state index contributed by atoms with van der Waals surface area (Å²) in [5.74, 6) is 8.51. The first-order valence-electron chi connectivity index (χ1n) is 14.9. The highest BCUT2D eigenvalue weighted by Gasteiger charge is 2.30. The van der Waals surface area contributed by atoms with Gasteiger partial charge < -0.3 is 18.8 Å². The molecule has 4 rings (SSSR count). The van der Waals surface area contributed by atoms with E-state index in [0.29, 0.717) is 35.5 Å². The normalized spacial score (nSPS) is 15.9. The molecule has 0 N–H and O–H groups in total. The third-order valence-electron chi connectivity index (χ3n) is 7.36. The van der Waals surface area contributed by atoms with Crippen molar-refractivity contribution in [1.29, 1.82) is 0 Å². The Kier molecular flexibility index (Phi) is 10.5. The molecule has 1 aliphatic heterocycles. The van der Waals surface area contributed by atoms with E-state index in [1.807, 2.05) is 54.6 Å². The number of nitrogens with zero attached hydrogens (tertiary/aromatic N) is 1. The Hall–Kier alpha value is -3.98. The van der Waals surface area contributed by atoms with Crippen LogP contribution >= 0.6 is 0 Å². The highest BCUT2D eigenvalue weighted by molar-refractivity contribution is 5.90. The van der Waals surface area contributed by atoms with Crippen LogP contribution in [0.15, 0.2) is 64.6 Å². The van der Waals surface area contributed by atoms with Crippen LogP contribution in [-0.4, -0.2) is 36.7 Å². The van der Waals surface area contributed by atoms with Crippen LogP contribution in [-0.2, 0) is 20.8 Å². The van der Waals surface area contributed by atoms with Crippen molar-refractivity contribution in [2.45, 2.75) is 73.0 Å². The molecule has 1 fully saturated rings. The second-order valence-corrected chi connectivity index (χ2v) is 12.3. The van der Waals surface area contributed by atoms with Gasteiger partial charge in [-0.3, -0.25) is 0 Å². The van der Waals surface area contributed by atoms with Crippen LogP contribution in [0.1, 0.15) is 75.8 Å². The average Bonchev–Trinajstić information content (AvgIpc) is 3.50. The summed E-state index contributed by atoms with van der Waals surface area (Å²) < 4.78 is 16.9. The fourth-order valence-electron chi connectivity index (χ4n) is 5.40. The van der Waals surface area contributed by atoms with Crippen molar-refractivity contribution >= 4 is 23.0 Å². The Morgan fingerprint density at radius 2 is 1.69 bits per heavy atom. The predicted octanol–water partition coefficient (Wildman–Crippen LogP) is 8.05. The van der Waals surface area contributed by atoms with Crippen LogP contribution in [0, 0.1) is 36.5 Å². The molecular weight excluding hydrogens is 526 g/mol. The molecule has 2 heterocycles. The number of carbonyl (C=O) groups excluding carboxylic acids is 2. The number of benzene rings is 2. The van der Waals surface area contributed by atoms with Gasteiger partial charge in [-0.2, -0.15) is 0 Å². The van der Waals surface area contributed by atoms with E-state index in [4.69, 9.17) is 13.9 Å². The Morgan fingerprint density at radius 3 is 2.38 bits per heavy atom. The number of esters is 1. The second-order valence-electron chi connectivity index (χ2n) is 12.3. The maximum Gasteiger partial charge on any atom is 0.410 e. The zero-order valence-corrected chi connectivity index (χ0v) is 25.7. The quantitative estimate of drug-likeness (QED) is 0.140.